The zero-order valence-corrected chi connectivity index (χ0v) is 16.7. The van der Waals surface area contributed by atoms with Crippen LogP contribution in [-0.4, -0.2) is 37.1 Å². The fourth-order valence-electron chi connectivity index (χ4n) is 3.39. The van der Waals surface area contributed by atoms with Gasteiger partial charge in [0.05, 0.1) is 17.4 Å². The molecular weight excluding hydrogens is 366 g/mol. The molecule has 5 nitrogen and oxygen atoms in total. The molecule has 2 heterocycles. The fraction of sp³-hybridized carbons (Fsp3) is 0.429. The summed E-state index contributed by atoms with van der Waals surface area (Å²) in [5, 5.41) is 4.62. The van der Waals surface area contributed by atoms with Crippen molar-refractivity contribution in [3.05, 3.63) is 57.6 Å². The highest BCUT2D eigenvalue weighted by Gasteiger charge is 2.38. The molecule has 0 amide bonds. The van der Waals surface area contributed by atoms with Crippen molar-refractivity contribution in [2.24, 2.45) is 5.16 Å². The second-order valence-electron chi connectivity index (χ2n) is 6.95. The number of cyclic esters (lactones) is 1. The number of allylic oxidation sites excluding steroid dienone is 3. The summed E-state index contributed by atoms with van der Waals surface area (Å²) in [4.78, 5) is 17.9. The molecule has 0 aromatic heterocycles. The van der Waals surface area contributed by atoms with Crippen LogP contribution in [0.3, 0.4) is 0 Å². The van der Waals surface area contributed by atoms with Crippen molar-refractivity contribution in [3.8, 4) is 0 Å². The van der Waals surface area contributed by atoms with Gasteiger partial charge in [-0.25, -0.2) is 4.79 Å². The smallest absolute Gasteiger partial charge is 0.339 e. The first-order valence-corrected chi connectivity index (χ1v) is 9.38. The first kappa shape index (κ1) is 19.6. The van der Waals surface area contributed by atoms with E-state index in [0.717, 1.165) is 11.1 Å². The SMILES string of the molecule is CON=C1C=C/C=C\C2OC2CC(C)OC(=O)c2c(C)cc(C)c(Cl)c2C1. The van der Waals surface area contributed by atoms with E-state index in [2.05, 4.69) is 5.16 Å². The van der Waals surface area contributed by atoms with Gasteiger partial charge in [-0.05, 0) is 43.5 Å². The van der Waals surface area contributed by atoms with Gasteiger partial charge in [0.15, 0.2) is 0 Å². The second kappa shape index (κ2) is 8.28. The van der Waals surface area contributed by atoms with Crippen LogP contribution in [0.15, 0.2) is 35.5 Å². The highest BCUT2D eigenvalue weighted by atomic mass is 35.5. The Labute approximate surface area is 164 Å². The third-order valence-corrected chi connectivity index (χ3v) is 5.23. The van der Waals surface area contributed by atoms with Crippen LogP contribution in [0.4, 0.5) is 0 Å². The standard InChI is InChI=1S/C21H24ClNO4/c1-12-9-13(2)20(22)16-11-15(23-25-4)7-5-6-8-17-18(27-17)10-14(3)26-21(24)19(12)16/h5-9,14,17-18H,10-11H2,1-4H3/b7-5?,8-6-,23-15?. The lowest BCUT2D eigenvalue weighted by Crippen LogP contribution is -2.20. The number of oxime groups is 1. The molecule has 0 N–H and O–H groups in total. The second-order valence-corrected chi connectivity index (χ2v) is 7.33. The van der Waals surface area contributed by atoms with Gasteiger partial charge in [0.1, 0.15) is 19.3 Å². The number of nitrogens with zero attached hydrogens (tertiary/aromatic N) is 1. The van der Waals surface area contributed by atoms with E-state index in [1.165, 1.54) is 7.11 Å². The van der Waals surface area contributed by atoms with Gasteiger partial charge in [-0.2, -0.15) is 0 Å². The highest BCUT2D eigenvalue weighted by molar-refractivity contribution is 6.33. The van der Waals surface area contributed by atoms with Crippen LogP contribution in [0.2, 0.25) is 5.02 Å². The third kappa shape index (κ3) is 4.60. The van der Waals surface area contributed by atoms with Crippen LogP contribution in [0.1, 0.15) is 40.4 Å². The van der Waals surface area contributed by atoms with Crippen LogP contribution in [0.5, 0.6) is 0 Å². The summed E-state index contributed by atoms with van der Waals surface area (Å²) in [7, 11) is 1.49. The maximum absolute atomic E-state index is 12.9. The summed E-state index contributed by atoms with van der Waals surface area (Å²) in [5.41, 5.74) is 3.59. The number of carbonyl (C=O) groups excluding carboxylic acids is 1. The van der Waals surface area contributed by atoms with Gasteiger partial charge in [-0.15, -0.1) is 0 Å². The van der Waals surface area contributed by atoms with E-state index in [-0.39, 0.29) is 24.3 Å². The zero-order chi connectivity index (χ0) is 19.6. The number of aryl methyl sites for hydroxylation is 2. The molecule has 3 unspecified atom stereocenters. The van der Waals surface area contributed by atoms with E-state index in [0.29, 0.717) is 34.7 Å². The summed E-state index contributed by atoms with van der Waals surface area (Å²) in [6, 6.07) is 1.90. The summed E-state index contributed by atoms with van der Waals surface area (Å²) >= 11 is 6.57. The predicted octanol–water partition coefficient (Wildman–Crippen LogP) is 4.33. The third-order valence-electron chi connectivity index (χ3n) is 4.71. The molecule has 0 bridgehead atoms. The Hall–Kier alpha value is -2.11. The maximum Gasteiger partial charge on any atom is 0.339 e. The fourth-order valence-corrected chi connectivity index (χ4v) is 3.60. The minimum absolute atomic E-state index is 0.0627. The Morgan fingerprint density at radius 2 is 2.04 bits per heavy atom. The zero-order valence-electron chi connectivity index (χ0n) is 16.0. The average Bonchev–Trinajstić information content (AvgIpc) is 3.32. The number of benzene rings is 1. The van der Waals surface area contributed by atoms with Gasteiger partial charge in [0.25, 0.3) is 0 Å². The average molecular weight is 390 g/mol. The van der Waals surface area contributed by atoms with Crippen molar-refractivity contribution in [2.45, 2.75) is 51.9 Å². The Bertz CT molecular complexity index is 828. The molecule has 1 aromatic rings. The van der Waals surface area contributed by atoms with Gasteiger partial charge < -0.3 is 14.3 Å². The van der Waals surface area contributed by atoms with E-state index in [1.54, 1.807) is 0 Å². The number of hydrogen-bond acceptors (Lipinski definition) is 5. The molecular formula is C21H24ClNO4. The molecule has 3 rings (SSSR count). The molecule has 144 valence electrons. The molecule has 0 spiro atoms. The lowest BCUT2D eigenvalue weighted by molar-refractivity contribution is 0.0308. The number of halogens is 1. The summed E-state index contributed by atoms with van der Waals surface area (Å²) in [5.74, 6) is -0.373. The van der Waals surface area contributed by atoms with E-state index in [9.17, 15) is 4.79 Å². The quantitative estimate of drug-likeness (QED) is 0.407. The van der Waals surface area contributed by atoms with Crippen LogP contribution in [-0.2, 0) is 20.7 Å². The van der Waals surface area contributed by atoms with Crippen molar-refractivity contribution >= 4 is 23.3 Å². The Morgan fingerprint density at radius 3 is 2.78 bits per heavy atom. The number of epoxide rings is 1. The van der Waals surface area contributed by atoms with E-state index >= 15 is 0 Å². The minimum atomic E-state index is -0.373. The topological polar surface area (TPSA) is 60.4 Å². The molecule has 6 heteroatoms. The molecule has 1 fully saturated rings. The minimum Gasteiger partial charge on any atom is -0.459 e. The summed E-state index contributed by atoms with van der Waals surface area (Å²) in [6.07, 6.45) is 8.56. The van der Waals surface area contributed by atoms with Crippen LogP contribution in [0, 0.1) is 13.8 Å². The molecule has 2 aliphatic heterocycles. The lowest BCUT2D eigenvalue weighted by atomic mass is 9.94. The van der Waals surface area contributed by atoms with Crippen LogP contribution >= 0.6 is 11.6 Å². The Kier molecular flexibility index (Phi) is 6.02. The molecule has 0 saturated carbocycles. The van der Waals surface area contributed by atoms with Gasteiger partial charge in [-0.1, -0.05) is 41.1 Å². The largest absolute Gasteiger partial charge is 0.459 e. The molecule has 1 saturated heterocycles. The Morgan fingerprint density at radius 1 is 1.26 bits per heavy atom. The van der Waals surface area contributed by atoms with Gasteiger partial charge >= 0.3 is 5.97 Å². The van der Waals surface area contributed by atoms with Crippen molar-refractivity contribution < 1.29 is 19.1 Å². The predicted molar refractivity (Wildman–Crippen MR) is 106 cm³/mol. The van der Waals surface area contributed by atoms with Crippen molar-refractivity contribution in [1.82, 2.24) is 0 Å². The molecule has 2 aliphatic rings. The van der Waals surface area contributed by atoms with E-state index in [4.69, 9.17) is 25.9 Å². The molecule has 27 heavy (non-hydrogen) atoms. The van der Waals surface area contributed by atoms with Gasteiger partial charge in [-0.3, -0.25) is 0 Å². The van der Waals surface area contributed by atoms with Crippen molar-refractivity contribution in [1.29, 1.82) is 0 Å². The highest BCUT2D eigenvalue weighted by Crippen LogP contribution is 2.32. The number of fused-ring (bicyclic) bond motifs is 2. The molecule has 0 radical (unpaired) electrons. The van der Waals surface area contributed by atoms with Crippen LogP contribution in [0.25, 0.3) is 0 Å². The maximum atomic E-state index is 12.9. The first-order valence-electron chi connectivity index (χ1n) is 9.00. The molecule has 1 aromatic carbocycles. The van der Waals surface area contributed by atoms with Crippen molar-refractivity contribution in [3.63, 3.8) is 0 Å². The van der Waals surface area contributed by atoms with E-state index < -0.39 is 0 Å². The first-order chi connectivity index (χ1) is 12.9. The number of rotatable bonds is 1. The Balaban J connectivity index is 2.06. The van der Waals surface area contributed by atoms with Crippen molar-refractivity contribution in [2.75, 3.05) is 7.11 Å². The normalized spacial score (nSPS) is 28.0. The van der Waals surface area contributed by atoms with Gasteiger partial charge in [0, 0.05) is 17.9 Å². The number of esters is 1. The lowest BCUT2D eigenvalue weighted by Gasteiger charge is -2.18. The molecule has 0 aliphatic carbocycles. The number of hydrogen-bond donors (Lipinski definition) is 0. The summed E-state index contributed by atoms with van der Waals surface area (Å²) in [6.45, 7) is 5.70. The van der Waals surface area contributed by atoms with Gasteiger partial charge in [0.2, 0.25) is 0 Å². The number of carbonyl (C=O) groups is 1. The van der Waals surface area contributed by atoms with E-state index in [1.807, 2.05) is 51.1 Å². The summed E-state index contributed by atoms with van der Waals surface area (Å²) < 4.78 is 11.3. The number of ether oxygens (including phenoxy) is 2. The van der Waals surface area contributed by atoms with Crippen LogP contribution < -0.4 is 0 Å². The molecule has 3 atom stereocenters. The monoisotopic (exact) mass is 389 g/mol.